The zero-order valence-electron chi connectivity index (χ0n) is 16.2. The topological polar surface area (TPSA) is 66.9 Å². The molecule has 0 aliphatic rings. The number of fused-ring (bicyclic) bond motifs is 1. The summed E-state index contributed by atoms with van der Waals surface area (Å²) in [6, 6.07) is 21.8. The van der Waals surface area contributed by atoms with Crippen molar-refractivity contribution in [3.8, 4) is 11.1 Å². The lowest BCUT2D eigenvalue weighted by molar-refractivity contribution is 0.252. The molecule has 2 aromatic heterocycles. The van der Waals surface area contributed by atoms with E-state index >= 15 is 0 Å². The lowest BCUT2D eigenvalue weighted by Crippen LogP contribution is -2.30. The van der Waals surface area contributed by atoms with Gasteiger partial charge in [-0.3, -0.25) is 9.97 Å². The summed E-state index contributed by atoms with van der Waals surface area (Å²) in [7, 11) is 0. The Morgan fingerprint density at radius 3 is 2.59 bits per heavy atom. The molecule has 29 heavy (non-hydrogen) atoms. The molecule has 0 aliphatic carbocycles. The Bertz CT molecular complexity index is 1140. The fourth-order valence-corrected chi connectivity index (χ4v) is 3.23. The van der Waals surface area contributed by atoms with Crippen molar-refractivity contribution in [2.24, 2.45) is 0 Å². The van der Waals surface area contributed by atoms with Crippen molar-refractivity contribution in [2.75, 3.05) is 11.9 Å². The molecule has 2 N–H and O–H groups in total. The van der Waals surface area contributed by atoms with Crippen LogP contribution in [-0.2, 0) is 6.42 Å². The molecule has 2 amide bonds. The zero-order chi connectivity index (χ0) is 20.1. The molecule has 0 aliphatic heterocycles. The fraction of sp³-hybridized carbons (Fsp3) is 0.125. The third-order valence-electron chi connectivity index (χ3n) is 4.74. The summed E-state index contributed by atoms with van der Waals surface area (Å²) in [5.74, 6) is 0. The second kappa shape index (κ2) is 8.52. The first-order valence-corrected chi connectivity index (χ1v) is 9.59. The molecule has 2 heterocycles. The van der Waals surface area contributed by atoms with E-state index in [1.807, 2.05) is 55.5 Å². The highest BCUT2D eigenvalue weighted by Crippen LogP contribution is 2.21. The van der Waals surface area contributed by atoms with Crippen LogP contribution in [0.5, 0.6) is 0 Å². The summed E-state index contributed by atoms with van der Waals surface area (Å²) in [4.78, 5) is 20.8. The number of rotatable bonds is 5. The summed E-state index contributed by atoms with van der Waals surface area (Å²) >= 11 is 0. The quantitative estimate of drug-likeness (QED) is 0.512. The monoisotopic (exact) mass is 382 g/mol. The second-order valence-corrected chi connectivity index (χ2v) is 6.92. The Hall–Kier alpha value is -3.73. The van der Waals surface area contributed by atoms with E-state index in [-0.39, 0.29) is 6.03 Å². The molecular weight excluding hydrogens is 360 g/mol. The lowest BCUT2D eigenvalue weighted by atomic mass is 10.1. The minimum Gasteiger partial charge on any atom is -0.338 e. The van der Waals surface area contributed by atoms with Gasteiger partial charge in [-0.05, 0) is 66.4 Å². The van der Waals surface area contributed by atoms with E-state index in [9.17, 15) is 4.79 Å². The minimum atomic E-state index is -0.212. The maximum absolute atomic E-state index is 12.2. The van der Waals surface area contributed by atoms with Crippen LogP contribution >= 0.6 is 0 Å². The molecule has 0 bridgehead atoms. The van der Waals surface area contributed by atoms with E-state index in [0.717, 1.165) is 45.4 Å². The fourth-order valence-electron chi connectivity index (χ4n) is 3.23. The third kappa shape index (κ3) is 4.76. The van der Waals surface area contributed by atoms with E-state index in [1.54, 1.807) is 12.4 Å². The van der Waals surface area contributed by atoms with Crippen molar-refractivity contribution >= 4 is 22.6 Å². The smallest absolute Gasteiger partial charge is 0.319 e. The Labute approximate surface area is 169 Å². The van der Waals surface area contributed by atoms with E-state index in [4.69, 9.17) is 0 Å². The van der Waals surface area contributed by atoms with Crippen LogP contribution in [0.3, 0.4) is 0 Å². The van der Waals surface area contributed by atoms with Gasteiger partial charge in [0.25, 0.3) is 0 Å². The molecule has 0 saturated carbocycles. The first-order valence-electron chi connectivity index (χ1n) is 9.59. The van der Waals surface area contributed by atoms with Crippen molar-refractivity contribution in [3.63, 3.8) is 0 Å². The molecule has 5 nitrogen and oxygen atoms in total. The molecule has 0 saturated heterocycles. The van der Waals surface area contributed by atoms with Gasteiger partial charge in [0, 0.05) is 35.7 Å². The molecule has 0 fully saturated rings. The Kier molecular flexibility index (Phi) is 5.47. The summed E-state index contributed by atoms with van der Waals surface area (Å²) in [6.07, 6.45) is 4.34. The van der Waals surface area contributed by atoms with Gasteiger partial charge >= 0.3 is 6.03 Å². The normalized spacial score (nSPS) is 10.7. The number of carbonyl (C=O) groups excluding carboxylic acids is 1. The predicted octanol–water partition coefficient (Wildman–Crippen LogP) is 4.97. The molecule has 0 spiro atoms. The Morgan fingerprint density at radius 1 is 0.897 bits per heavy atom. The maximum Gasteiger partial charge on any atom is 0.319 e. The first kappa shape index (κ1) is 18.6. The van der Waals surface area contributed by atoms with Gasteiger partial charge in [0.1, 0.15) is 0 Å². The summed E-state index contributed by atoms with van der Waals surface area (Å²) in [5.41, 5.74) is 6.05. The Morgan fingerprint density at radius 2 is 1.76 bits per heavy atom. The number of urea groups is 1. The number of aryl methyl sites for hydroxylation is 1. The predicted molar refractivity (Wildman–Crippen MR) is 117 cm³/mol. The number of pyridine rings is 2. The highest BCUT2D eigenvalue weighted by Gasteiger charge is 2.04. The molecule has 144 valence electrons. The van der Waals surface area contributed by atoms with E-state index in [0.29, 0.717) is 6.54 Å². The zero-order valence-corrected chi connectivity index (χ0v) is 16.2. The van der Waals surface area contributed by atoms with Gasteiger partial charge in [-0.25, -0.2) is 4.79 Å². The number of aromatic nitrogens is 2. The largest absolute Gasteiger partial charge is 0.338 e. The molecule has 0 atom stereocenters. The number of nitrogens with one attached hydrogen (secondary N) is 2. The number of amides is 2. The van der Waals surface area contributed by atoms with Crippen LogP contribution in [0.1, 0.15) is 11.3 Å². The molecule has 5 heteroatoms. The summed E-state index contributed by atoms with van der Waals surface area (Å²) in [6.45, 7) is 2.52. The van der Waals surface area contributed by atoms with Crippen LogP contribution in [0.15, 0.2) is 79.1 Å². The second-order valence-electron chi connectivity index (χ2n) is 6.92. The van der Waals surface area contributed by atoms with Gasteiger partial charge in [0.15, 0.2) is 0 Å². The van der Waals surface area contributed by atoms with Crippen LogP contribution < -0.4 is 10.6 Å². The van der Waals surface area contributed by atoms with Crippen LogP contribution in [0.25, 0.3) is 22.0 Å². The lowest BCUT2D eigenvalue weighted by Gasteiger charge is -2.09. The average molecular weight is 382 g/mol. The maximum atomic E-state index is 12.2. The number of carbonyl (C=O) groups is 1. The van der Waals surface area contributed by atoms with Gasteiger partial charge in [-0.15, -0.1) is 0 Å². The van der Waals surface area contributed by atoms with Gasteiger partial charge in [0.05, 0.1) is 5.52 Å². The van der Waals surface area contributed by atoms with Crippen molar-refractivity contribution in [2.45, 2.75) is 13.3 Å². The van der Waals surface area contributed by atoms with Crippen LogP contribution in [0.2, 0.25) is 0 Å². The standard InChI is InChI=1S/C24H22N4O/c1-17-15-21(11-14-25-17)19-6-8-22(9-7-19)28-24(29)27-13-10-18-4-5-20-3-2-12-26-23(20)16-18/h2-9,11-12,14-16H,10,13H2,1H3,(H2,27,28,29). The molecule has 0 radical (unpaired) electrons. The average Bonchev–Trinajstić information content (AvgIpc) is 2.74. The van der Waals surface area contributed by atoms with Crippen molar-refractivity contribution < 1.29 is 4.79 Å². The molecule has 4 aromatic rings. The van der Waals surface area contributed by atoms with Crippen molar-refractivity contribution in [3.05, 3.63) is 90.4 Å². The number of hydrogen-bond acceptors (Lipinski definition) is 3. The molecule has 2 aromatic carbocycles. The third-order valence-corrected chi connectivity index (χ3v) is 4.74. The number of nitrogens with zero attached hydrogens (tertiary/aromatic N) is 2. The van der Waals surface area contributed by atoms with Crippen molar-refractivity contribution in [1.29, 1.82) is 0 Å². The van der Waals surface area contributed by atoms with Crippen molar-refractivity contribution in [1.82, 2.24) is 15.3 Å². The Balaban J connectivity index is 1.30. The minimum absolute atomic E-state index is 0.212. The highest BCUT2D eigenvalue weighted by atomic mass is 16.2. The van der Waals surface area contributed by atoms with Gasteiger partial charge in [-0.1, -0.05) is 30.3 Å². The van der Waals surface area contributed by atoms with Crippen LogP contribution in [0.4, 0.5) is 10.5 Å². The van der Waals surface area contributed by atoms with Crippen LogP contribution in [0, 0.1) is 6.92 Å². The van der Waals surface area contributed by atoms with Crippen LogP contribution in [-0.4, -0.2) is 22.5 Å². The summed E-state index contributed by atoms with van der Waals surface area (Å²) < 4.78 is 0. The van der Waals surface area contributed by atoms with E-state index < -0.39 is 0 Å². The van der Waals surface area contributed by atoms with E-state index in [1.165, 1.54) is 0 Å². The van der Waals surface area contributed by atoms with Gasteiger partial charge < -0.3 is 10.6 Å². The number of benzene rings is 2. The van der Waals surface area contributed by atoms with Gasteiger partial charge in [-0.2, -0.15) is 0 Å². The summed E-state index contributed by atoms with van der Waals surface area (Å²) in [5, 5.41) is 6.89. The first-order chi connectivity index (χ1) is 14.2. The van der Waals surface area contributed by atoms with E-state index in [2.05, 4.69) is 38.8 Å². The molecule has 0 unspecified atom stereocenters. The number of anilines is 1. The molecular formula is C24H22N4O. The SMILES string of the molecule is Cc1cc(-c2ccc(NC(=O)NCCc3ccc4cccnc4c3)cc2)ccn1. The number of hydrogen-bond donors (Lipinski definition) is 2. The highest BCUT2D eigenvalue weighted by molar-refractivity contribution is 5.89. The van der Waals surface area contributed by atoms with Gasteiger partial charge in [0.2, 0.25) is 0 Å². The molecule has 4 rings (SSSR count).